The molecular weight excluding hydrogens is 389 g/mol. The molecule has 8 heteroatoms. The zero-order chi connectivity index (χ0) is 20.0. The topological polar surface area (TPSA) is 86.7 Å². The zero-order valence-corrected chi connectivity index (χ0v) is 20.1. The fraction of sp³-hybridized carbons (Fsp3) is 0.650. The number of rotatable bonds is 14. The molecule has 0 spiro atoms. The molecule has 0 bridgehead atoms. The molecule has 0 aliphatic rings. The Hall–Kier alpha value is -0.600. The Morgan fingerprint density at radius 2 is 1.54 bits per heavy atom. The van der Waals surface area contributed by atoms with Gasteiger partial charge < -0.3 is 14.2 Å². The molecule has 1 aromatic carbocycles. The van der Waals surface area contributed by atoms with Gasteiger partial charge in [0.25, 0.3) is 0 Å². The fourth-order valence-electron chi connectivity index (χ4n) is 2.80. The first kappa shape index (κ1) is 27.4. The van der Waals surface area contributed by atoms with Gasteiger partial charge in [0.1, 0.15) is 6.61 Å². The minimum Gasteiger partial charge on any atom is -0.748 e. The van der Waals surface area contributed by atoms with E-state index in [2.05, 4.69) is 6.92 Å². The van der Waals surface area contributed by atoms with Crippen LogP contribution >= 0.6 is 0 Å². The number of carbonyl (C=O) groups excluding carboxylic acids is 1. The maximum Gasteiger partial charge on any atom is 1.00 e. The number of hydrogen-bond acceptors (Lipinski definition) is 5. The minimum atomic E-state index is -4.27. The van der Waals surface area contributed by atoms with Gasteiger partial charge in [-0.15, -0.1) is 0 Å². The van der Waals surface area contributed by atoms with Gasteiger partial charge in [0, 0.05) is 18.8 Å². The summed E-state index contributed by atoms with van der Waals surface area (Å²) in [6, 6.07) is 9.38. The molecule has 154 valence electrons. The molecular formula is C20H32NNaO5S. The van der Waals surface area contributed by atoms with Crippen molar-refractivity contribution in [3.63, 3.8) is 0 Å². The van der Waals surface area contributed by atoms with Gasteiger partial charge >= 0.3 is 35.7 Å². The summed E-state index contributed by atoms with van der Waals surface area (Å²) in [7, 11) is -4.27. The summed E-state index contributed by atoms with van der Waals surface area (Å²) in [6.45, 7) is 3.08. The molecule has 0 saturated heterocycles. The van der Waals surface area contributed by atoms with Gasteiger partial charge in [-0.2, -0.15) is 0 Å². The molecule has 28 heavy (non-hydrogen) atoms. The molecule has 0 aliphatic heterocycles. The van der Waals surface area contributed by atoms with E-state index < -0.39 is 22.0 Å². The van der Waals surface area contributed by atoms with Crippen molar-refractivity contribution >= 4 is 16.2 Å². The van der Waals surface area contributed by atoms with Crippen LogP contribution in [0.3, 0.4) is 0 Å². The van der Waals surface area contributed by atoms with Gasteiger partial charge in [-0.1, -0.05) is 75.8 Å². The van der Waals surface area contributed by atoms with Crippen LogP contribution in [0.2, 0.25) is 0 Å². The Labute approximate surface area is 192 Å². The van der Waals surface area contributed by atoms with Crippen LogP contribution in [-0.4, -0.2) is 42.8 Å². The molecule has 0 aromatic heterocycles. The Bertz CT molecular complexity index is 625. The predicted molar refractivity (Wildman–Crippen MR) is 105 cm³/mol. The average molecular weight is 422 g/mol. The van der Waals surface area contributed by atoms with Gasteiger partial charge in [-0.25, -0.2) is 13.2 Å². The van der Waals surface area contributed by atoms with E-state index in [1.165, 1.54) is 30.6 Å². The van der Waals surface area contributed by atoms with Crippen molar-refractivity contribution < 1.29 is 52.1 Å². The Morgan fingerprint density at radius 1 is 0.964 bits per heavy atom. The van der Waals surface area contributed by atoms with Crippen molar-refractivity contribution in [3.05, 3.63) is 35.9 Å². The third kappa shape index (κ3) is 14.4. The summed E-state index contributed by atoms with van der Waals surface area (Å²) in [5, 5.41) is 0. The molecule has 0 fully saturated rings. The summed E-state index contributed by atoms with van der Waals surface area (Å²) in [6.07, 6.45) is 7.55. The minimum absolute atomic E-state index is 0. The van der Waals surface area contributed by atoms with Crippen LogP contribution in [0.4, 0.5) is 4.79 Å². The maximum absolute atomic E-state index is 12.4. The van der Waals surface area contributed by atoms with Gasteiger partial charge in [0.05, 0.1) is 10.1 Å². The first-order valence-corrected chi connectivity index (χ1v) is 11.4. The van der Waals surface area contributed by atoms with E-state index in [1.54, 1.807) is 0 Å². The van der Waals surface area contributed by atoms with Crippen LogP contribution in [0.15, 0.2) is 30.3 Å². The Balaban J connectivity index is 0.00000729. The van der Waals surface area contributed by atoms with E-state index in [0.717, 1.165) is 24.8 Å². The summed E-state index contributed by atoms with van der Waals surface area (Å²) in [5.74, 6) is -0.466. The first-order valence-electron chi connectivity index (χ1n) is 9.81. The molecule has 1 rings (SSSR count). The van der Waals surface area contributed by atoms with Crippen molar-refractivity contribution in [2.45, 2.75) is 64.9 Å². The molecule has 0 aliphatic carbocycles. The monoisotopic (exact) mass is 421 g/mol. The standard InChI is InChI=1S/C20H33NO5S.Na/c1-2-3-4-5-6-7-11-15-21(16-12-17-27(23,24)25)20(22)26-18-19-13-9-8-10-14-19;/h8-10,13-14H,2-7,11-12,15-18H2,1H3,(H,23,24,25);/q;+1/p-1. The van der Waals surface area contributed by atoms with Crippen molar-refractivity contribution in [1.82, 2.24) is 4.90 Å². The maximum atomic E-state index is 12.4. The molecule has 0 N–H and O–H groups in total. The average Bonchev–Trinajstić information content (AvgIpc) is 2.64. The van der Waals surface area contributed by atoms with E-state index in [9.17, 15) is 17.8 Å². The summed E-state index contributed by atoms with van der Waals surface area (Å²) < 4.78 is 37.7. The number of hydrogen-bond donors (Lipinski definition) is 0. The fourth-order valence-corrected chi connectivity index (χ4v) is 3.28. The van der Waals surface area contributed by atoms with E-state index >= 15 is 0 Å². The second-order valence-corrected chi connectivity index (χ2v) is 8.29. The van der Waals surface area contributed by atoms with Crippen molar-refractivity contribution in [3.8, 4) is 0 Å². The zero-order valence-electron chi connectivity index (χ0n) is 17.3. The van der Waals surface area contributed by atoms with E-state index in [0.29, 0.717) is 6.54 Å². The molecule has 6 nitrogen and oxygen atoms in total. The Morgan fingerprint density at radius 3 is 2.14 bits per heavy atom. The van der Waals surface area contributed by atoms with Crippen molar-refractivity contribution in [2.75, 3.05) is 18.8 Å². The molecule has 0 radical (unpaired) electrons. The van der Waals surface area contributed by atoms with Crippen LogP contribution in [0, 0.1) is 0 Å². The van der Waals surface area contributed by atoms with Gasteiger partial charge in [-0.05, 0) is 18.4 Å². The molecule has 0 atom stereocenters. The first-order chi connectivity index (χ1) is 12.9. The Kier molecular flexibility index (Phi) is 15.9. The SMILES string of the molecule is CCCCCCCCCN(CCCS(=O)(=O)[O-])C(=O)OCc1ccccc1.[Na+]. The van der Waals surface area contributed by atoms with E-state index in [-0.39, 0.29) is 49.1 Å². The molecule has 1 aromatic rings. The van der Waals surface area contributed by atoms with Crippen molar-refractivity contribution in [2.24, 2.45) is 0 Å². The van der Waals surface area contributed by atoms with Crippen LogP contribution < -0.4 is 29.6 Å². The van der Waals surface area contributed by atoms with Gasteiger partial charge in [0.15, 0.2) is 0 Å². The summed E-state index contributed by atoms with van der Waals surface area (Å²) >= 11 is 0. The normalized spacial score (nSPS) is 10.9. The van der Waals surface area contributed by atoms with Gasteiger partial charge in [-0.3, -0.25) is 0 Å². The van der Waals surface area contributed by atoms with Crippen LogP contribution in [-0.2, 0) is 21.5 Å². The smallest absolute Gasteiger partial charge is 0.748 e. The second-order valence-electron chi connectivity index (χ2n) is 6.76. The molecule has 1 amide bonds. The number of benzene rings is 1. The van der Waals surface area contributed by atoms with Gasteiger partial charge in [0.2, 0.25) is 0 Å². The van der Waals surface area contributed by atoms with Crippen molar-refractivity contribution in [1.29, 1.82) is 0 Å². The predicted octanol–water partition coefficient (Wildman–Crippen LogP) is 1.32. The number of carbonyl (C=O) groups is 1. The molecule has 0 heterocycles. The molecule has 0 unspecified atom stereocenters. The number of amides is 1. The van der Waals surface area contributed by atoms with E-state index in [4.69, 9.17) is 4.74 Å². The van der Waals surface area contributed by atoms with Crippen LogP contribution in [0.1, 0.15) is 63.9 Å². The third-order valence-electron chi connectivity index (χ3n) is 4.32. The molecule has 0 saturated carbocycles. The number of unbranched alkanes of at least 4 members (excludes halogenated alkanes) is 6. The largest absolute Gasteiger partial charge is 1.00 e. The van der Waals surface area contributed by atoms with Crippen LogP contribution in [0.5, 0.6) is 0 Å². The number of ether oxygens (including phenoxy) is 1. The quantitative estimate of drug-likeness (QED) is 0.257. The third-order valence-corrected chi connectivity index (χ3v) is 5.11. The second kappa shape index (κ2) is 16.2. The van der Waals surface area contributed by atoms with E-state index in [1.807, 2.05) is 30.3 Å². The summed E-state index contributed by atoms with van der Waals surface area (Å²) in [4.78, 5) is 13.9. The van der Waals surface area contributed by atoms with Crippen LogP contribution in [0.25, 0.3) is 0 Å². The number of nitrogens with zero attached hydrogens (tertiary/aromatic N) is 1. The summed E-state index contributed by atoms with van der Waals surface area (Å²) in [5.41, 5.74) is 0.892.